The molecule has 3 aromatic rings. The monoisotopic (exact) mass is 507 g/mol. The third-order valence-corrected chi connectivity index (χ3v) is 7.62. The van der Waals surface area contributed by atoms with Gasteiger partial charge in [-0.1, -0.05) is 12.1 Å². The van der Waals surface area contributed by atoms with Crippen LogP contribution in [0.5, 0.6) is 11.5 Å². The van der Waals surface area contributed by atoms with Gasteiger partial charge in [0.15, 0.2) is 17.3 Å². The smallest absolute Gasteiger partial charge is 0.225 e. The Balaban J connectivity index is 1.13. The molecule has 1 amide bonds. The molecule has 3 heterocycles. The second-order valence-electron chi connectivity index (χ2n) is 10.3. The van der Waals surface area contributed by atoms with Gasteiger partial charge in [0.2, 0.25) is 5.91 Å². The van der Waals surface area contributed by atoms with Gasteiger partial charge in [-0.25, -0.2) is 8.78 Å². The number of hydrogen-bond donors (Lipinski definition) is 1. The SMILES string of the molecule is O=C(NC(Cc1cc(F)c2c(c1)OCCO2)CN1CCC1)C1CCN(c2ccc3cc(F)ccc3c2)C1. The maximum Gasteiger partial charge on any atom is 0.225 e. The maximum absolute atomic E-state index is 14.6. The van der Waals surface area contributed by atoms with Crippen molar-refractivity contribution in [3.63, 3.8) is 0 Å². The van der Waals surface area contributed by atoms with Crippen LogP contribution in [0.2, 0.25) is 0 Å². The molecule has 2 saturated heterocycles. The summed E-state index contributed by atoms with van der Waals surface area (Å²) >= 11 is 0. The number of ether oxygens (including phenoxy) is 2. The summed E-state index contributed by atoms with van der Waals surface area (Å²) in [5.41, 5.74) is 1.83. The highest BCUT2D eigenvalue weighted by atomic mass is 19.1. The van der Waals surface area contributed by atoms with Crippen LogP contribution in [0, 0.1) is 17.6 Å². The van der Waals surface area contributed by atoms with Crippen LogP contribution in [0.3, 0.4) is 0 Å². The van der Waals surface area contributed by atoms with Gasteiger partial charge in [0, 0.05) is 31.4 Å². The fourth-order valence-corrected chi connectivity index (χ4v) is 5.53. The number of nitrogens with zero attached hydrogens (tertiary/aromatic N) is 2. The number of amides is 1. The van der Waals surface area contributed by atoms with Crippen LogP contribution in [-0.4, -0.2) is 62.8 Å². The highest BCUT2D eigenvalue weighted by Gasteiger charge is 2.31. The van der Waals surface area contributed by atoms with Crippen molar-refractivity contribution in [2.24, 2.45) is 5.92 Å². The second kappa shape index (κ2) is 10.2. The van der Waals surface area contributed by atoms with E-state index in [-0.39, 0.29) is 29.4 Å². The maximum atomic E-state index is 14.6. The molecule has 0 aliphatic carbocycles. The Morgan fingerprint density at radius 1 is 1.00 bits per heavy atom. The highest BCUT2D eigenvalue weighted by molar-refractivity contribution is 5.86. The Bertz CT molecular complexity index is 1310. The molecule has 3 aliphatic heterocycles. The van der Waals surface area contributed by atoms with Gasteiger partial charge in [0.05, 0.1) is 5.92 Å². The lowest BCUT2D eigenvalue weighted by atomic mass is 10.0. The van der Waals surface area contributed by atoms with Crippen LogP contribution in [0.15, 0.2) is 48.5 Å². The van der Waals surface area contributed by atoms with E-state index in [1.165, 1.54) is 18.2 Å². The largest absolute Gasteiger partial charge is 0.486 e. The Hall–Kier alpha value is -3.39. The van der Waals surface area contributed by atoms with Gasteiger partial charge in [-0.3, -0.25) is 4.79 Å². The molecule has 2 fully saturated rings. The number of hydrogen-bond acceptors (Lipinski definition) is 5. The fraction of sp³-hybridized carbons (Fsp3) is 0.414. The lowest BCUT2D eigenvalue weighted by Crippen LogP contribution is -2.50. The van der Waals surface area contributed by atoms with Crippen LogP contribution >= 0.6 is 0 Å². The molecule has 0 spiro atoms. The standard InChI is InChI=1S/C29H31F2N3O3/c30-23-4-2-21-16-25(5-3-20(21)15-23)34-9-6-22(17-34)29(35)32-24(18-33-7-1-8-33)12-19-13-26(31)28-27(14-19)36-10-11-37-28/h2-5,13-16,22,24H,1,6-12,17-18H2,(H,32,35). The molecule has 0 aromatic heterocycles. The first-order valence-electron chi connectivity index (χ1n) is 13.1. The summed E-state index contributed by atoms with van der Waals surface area (Å²) in [6, 6.07) is 14.0. The minimum atomic E-state index is -0.425. The van der Waals surface area contributed by atoms with Crippen molar-refractivity contribution in [3.8, 4) is 11.5 Å². The van der Waals surface area contributed by atoms with Gasteiger partial charge in [0.25, 0.3) is 0 Å². The molecular weight excluding hydrogens is 476 g/mol. The lowest BCUT2D eigenvalue weighted by molar-refractivity contribution is -0.125. The van der Waals surface area contributed by atoms with Gasteiger partial charge in [0.1, 0.15) is 19.0 Å². The summed E-state index contributed by atoms with van der Waals surface area (Å²) in [5.74, 6) is -0.160. The first-order valence-corrected chi connectivity index (χ1v) is 13.1. The number of carbonyl (C=O) groups excluding carboxylic acids is 1. The minimum Gasteiger partial charge on any atom is -0.486 e. The molecule has 2 atom stereocenters. The predicted molar refractivity (Wildman–Crippen MR) is 138 cm³/mol. The lowest BCUT2D eigenvalue weighted by Gasteiger charge is -2.35. The van der Waals surface area contributed by atoms with Crippen molar-refractivity contribution in [2.75, 3.05) is 50.8 Å². The van der Waals surface area contributed by atoms with Crippen molar-refractivity contribution < 1.29 is 23.0 Å². The fourth-order valence-electron chi connectivity index (χ4n) is 5.53. The number of anilines is 1. The zero-order valence-corrected chi connectivity index (χ0v) is 20.7. The summed E-state index contributed by atoms with van der Waals surface area (Å²) in [4.78, 5) is 17.9. The van der Waals surface area contributed by atoms with Crippen molar-refractivity contribution in [1.82, 2.24) is 10.2 Å². The van der Waals surface area contributed by atoms with E-state index in [4.69, 9.17) is 9.47 Å². The van der Waals surface area contributed by atoms with E-state index in [0.29, 0.717) is 31.9 Å². The molecule has 0 saturated carbocycles. The summed E-state index contributed by atoms with van der Waals surface area (Å²) in [5, 5.41) is 5.11. The summed E-state index contributed by atoms with van der Waals surface area (Å²) < 4.78 is 39.2. The van der Waals surface area contributed by atoms with Crippen LogP contribution < -0.4 is 19.7 Å². The van der Waals surface area contributed by atoms with Crippen molar-refractivity contribution >= 4 is 22.4 Å². The van der Waals surface area contributed by atoms with E-state index in [0.717, 1.165) is 61.0 Å². The van der Waals surface area contributed by atoms with E-state index >= 15 is 0 Å². The molecule has 0 bridgehead atoms. The summed E-state index contributed by atoms with van der Waals surface area (Å²) in [6.07, 6.45) is 2.45. The third-order valence-electron chi connectivity index (χ3n) is 7.62. The van der Waals surface area contributed by atoms with Gasteiger partial charge < -0.3 is 24.6 Å². The van der Waals surface area contributed by atoms with E-state index in [2.05, 4.69) is 21.2 Å². The van der Waals surface area contributed by atoms with Gasteiger partial charge in [-0.15, -0.1) is 0 Å². The van der Waals surface area contributed by atoms with Crippen molar-refractivity contribution in [2.45, 2.75) is 25.3 Å². The zero-order chi connectivity index (χ0) is 25.4. The van der Waals surface area contributed by atoms with E-state index in [1.807, 2.05) is 18.2 Å². The average molecular weight is 508 g/mol. The number of carbonyl (C=O) groups is 1. The normalized spacial score (nSPS) is 20.1. The first kappa shape index (κ1) is 24.0. The molecule has 3 aromatic carbocycles. The van der Waals surface area contributed by atoms with E-state index < -0.39 is 5.82 Å². The second-order valence-corrected chi connectivity index (χ2v) is 10.3. The zero-order valence-electron chi connectivity index (χ0n) is 20.7. The molecule has 8 heteroatoms. The molecule has 1 N–H and O–H groups in total. The molecule has 6 rings (SSSR count). The van der Waals surface area contributed by atoms with Crippen molar-refractivity contribution in [1.29, 1.82) is 0 Å². The summed E-state index contributed by atoms with van der Waals surface area (Å²) in [7, 11) is 0. The first-order chi connectivity index (χ1) is 18.0. The average Bonchev–Trinajstić information content (AvgIpc) is 3.36. The number of nitrogens with one attached hydrogen (secondary N) is 1. The molecule has 37 heavy (non-hydrogen) atoms. The molecule has 6 nitrogen and oxygen atoms in total. The molecular formula is C29H31F2N3O3. The van der Waals surface area contributed by atoms with Gasteiger partial charge >= 0.3 is 0 Å². The molecule has 2 unspecified atom stereocenters. The topological polar surface area (TPSA) is 54.0 Å². The van der Waals surface area contributed by atoms with Gasteiger partial charge in [-0.05, 0) is 85.1 Å². The molecule has 3 aliphatic rings. The Labute approximate surface area is 215 Å². The number of rotatable bonds is 7. The number of fused-ring (bicyclic) bond motifs is 2. The van der Waals surface area contributed by atoms with E-state index in [9.17, 15) is 13.6 Å². The van der Waals surface area contributed by atoms with Gasteiger partial charge in [-0.2, -0.15) is 0 Å². The Kier molecular flexibility index (Phi) is 6.59. The van der Waals surface area contributed by atoms with Crippen LogP contribution in [-0.2, 0) is 11.2 Å². The molecule has 194 valence electrons. The number of likely N-dealkylation sites (tertiary alicyclic amines) is 1. The summed E-state index contributed by atoms with van der Waals surface area (Å²) in [6.45, 7) is 4.93. The van der Waals surface area contributed by atoms with Crippen molar-refractivity contribution in [3.05, 3.63) is 65.7 Å². The van der Waals surface area contributed by atoms with Crippen LogP contribution in [0.4, 0.5) is 14.5 Å². The van der Waals surface area contributed by atoms with Crippen LogP contribution in [0.1, 0.15) is 18.4 Å². The Morgan fingerprint density at radius 2 is 1.81 bits per heavy atom. The molecule has 0 radical (unpaired) electrons. The third kappa shape index (κ3) is 5.21. The Morgan fingerprint density at radius 3 is 2.65 bits per heavy atom. The number of benzene rings is 3. The van der Waals surface area contributed by atoms with Crippen LogP contribution in [0.25, 0.3) is 10.8 Å². The highest BCUT2D eigenvalue weighted by Crippen LogP contribution is 2.34. The predicted octanol–water partition coefficient (Wildman–Crippen LogP) is 4.15. The minimum absolute atomic E-state index is 0.0360. The van der Waals surface area contributed by atoms with E-state index in [1.54, 1.807) is 6.07 Å². The number of halogens is 2. The quantitative estimate of drug-likeness (QED) is 0.521.